The SMILES string of the molecule is CNCCOc1cc(C(N)=O)c(C)c(C2(c3cccc4cc(F)ccc34)CC2)c1. The highest BCUT2D eigenvalue weighted by molar-refractivity contribution is 5.95. The number of fused-ring (bicyclic) bond motifs is 1. The van der Waals surface area contributed by atoms with Crippen LogP contribution in [0.2, 0.25) is 0 Å². The Hall–Kier alpha value is -2.92. The van der Waals surface area contributed by atoms with Crippen molar-refractivity contribution in [2.75, 3.05) is 20.2 Å². The van der Waals surface area contributed by atoms with E-state index in [0.717, 1.165) is 40.3 Å². The standard InChI is InChI=1S/C24H25FN2O2/c1-15-20(23(26)28)13-18(29-11-10-27-2)14-22(15)24(8-9-24)21-5-3-4-16-12-17(25)6-7-19(16)21/h3-7,12-14,27H,8-11H2,1-2H3,(H2,26,28). The average molecular weight is 392 g/mol. The number of likely N-dealkylation sites (N-methyl/N-ethyl adjacent to an activating group) is 1. The van der Waals surface area contributed by atoms with E-state index in [4.69, 9.17) is 10.5 Å². The Morgan fingerprint density at radius 3 is 2.66 bits per heavy atom. The predicted octanol–water partition coefficient (Wildman–Crippen LogP) is 4.06. The van der Waals surface area contributed by atoms with Gasteiger partial charge in [-0.15, -0.1) is 0 Å². The molecule has 150 valence electrons. The predicted molar refractivity (Wildman–Crippen MR) is 113 cm³/mol. The number of halogens is 1. The lowest BCUT2D eigenvalue weighted by Gasteiger charge is -2.23. The summed E-state index contributed by atoms with van der Waals surface area (Å²) in [7, 11) is 1.86. The molecular weight excluding hydrogens is 367 g/mol. The fraction of sp³-hybridized carbons (Fsp3) is 0.292. The molecule has 0 atom stereocenters. The van der Waals surface area contributed by atoms with Crippen LogP contribution in [0, 0.1) is 12.7 Å². The van der Waals surface area contributed by atoms with E-state index in [1.165, 1.54) is 6.07 Å². The van der Waals surface area contributed by atoms with Crippen molar-refractivity contribution in [1.29, 1.82) is 0 Å². The second-order valence-electron chi connectivity index (χ2n) is 7.71. The van der Waals surface area contributed by atoms with Gasteiger partial charge in [0.15, 0.2) is 0 Å². The van der Waals surface area contributed by atoms with Crippen molar-refractivity contribution < 1.29 is 13.9 Å². The zero-order valence-electron chi connectivity index (χ0n) is 16.7. The number of amides is 1. The monoisotopic (exact) mass is 392 g/mol. The highest BCUT2D eigenvalue weighted by Crippen LogP contribution is 2.56. The molecule has 29 heavy (non-hydrogen) atoms. The van der Waals surface area contributed by atoms with Crippen LogP contribution in [0.4, 0.5) is 4.39 Å². The second-order valence-corrected chi connectivity index (χ2v) is 7.71. The fourth-order valence-corrected chi connectivity index (χ4v) is 4.28. The van der Waals surface area contributed by atoms with Crippen molar-refractivity contribution in [2.24, 2.45) is 5.73 Å². The van der Waals surface area contributed by atoms with Gasteiger partial charge in [-0.3, -0.25) is 4.79 Å². The molecule has 0 bridgehead atoms. The molecule has 1 fully saturated rings. The van der Waals surface area contributed by atoms with Gasteiger partial charge < -0.3 is 15.8 Å². The number of rotatable bonds is 7. The van der Waals surface area contributed by atoms with Crippen LogP contribution in [0.1, 0.15) is 39.9 Å². The van der Waals surface area contributed by atoms with Crippen molar-refractivity contribution in [3.63, 3.8) is 0 Å². The van der Waals surface area contributed by atoms with Gasteiger partial charge in [0.2, 0.25) is 5.91 Å². The molecule has 0 aromatic heterocycles. The molecule has 0 radical (unpaired) electrons. The lowest BCUT2D eigenvalue weighted by atomic mass is 9.81. The minimum Gasteiger partial charge on any atom is -0.492 e. The van der Waals surface area contributed by atoms with Crippen LogP contribution in [0.25, 0.3) is 10.8 Å². The van der Waals surface area contributed by atoms with Gasteiger partial charge >= 0.3 is 0 Å². The average Bonchev–Trinajstić information content (AvgIpc) is 3.50. The molecule has 5 heteroatoms. The first-order chi connectivity index (χ1) is 14.0. The van der Waals surface area contributed by atoms with Gasteiger partial charge in [-0.1, -0.05) is 24.3 Å². The summed E-state index contributed by atoms with van der Waals surface area (Å²) in [6.07, 6.45) is 1.92. The first-order valence-corrected chi connectivity index (χ1v) is 9.87. The minimum absolute atomic E-state index is 0.214. The highest BCUT2D eigenvalue weighted by atomic mass is 19.1. The Labute approximate surface area is 169 Å². The first kappa shape index (κ1) is 19.4. The van der Waals surface area contributed by atoms with Gasteiger partial charge in [0, 0.05) is 17.5 Å². The quantitative estimate of drug-likeness (QED) is 0.596. The maximum Gasteiger partial charge on any atom is 0.249 e. The summed E-state index contributed by atoms with van der Waals surface area (Å²) in [5, 5.41) is 4.96. The van der Waals surface area contributed by atoms with E-state index in [1.54, 1.807) is 12.1 Å². The van der Waals surface area contributed by atoms with Crippen LogP contribution >= 0.6 is 0 Å². The minimum atomic E-state index is -0.460. The van der Waals surface area contributed by atoms with Gasteiger partial charge in [-0.25, -0.2) is 4.39 Å². The molecule has 1 saturated carbocycles. The Morgan fingerprint density at radius 2 is 1.97 bits per heavy atom. The number of carbonyl (C=O) groups is 1. The number of benzene rings is 3. The third-order valence-electron chi connectivity index (χ3n) is 5.89. The Morgan fingerprint density at radius 1 is 1.17 bits per heavy atom. The van der Waals surface area contributed by atoms with Crippen LogP contribution < -0.4 is 15.8 Å². The van der Waals surface area contributed by atoms with E-state index in [-0.39, 0.29) is 11.2 Å². The fourth-order valence-electron chi connectivity index (χ4n) is 4.28. The summed E-state index contributed by atoms with van der Waals surface area (Å²) in [6, 6.07) is 14.7. The second kappa shape index (κ2) is 7.48. The van der Waals surface area contributed by atoms with E-state index in [0.29, 0.717) is 24.5 Å². The zero-order chi connectivity index (χ0) is 20.6. The molecular formula is C24H25FN2O2. The number of ether oxygens (including phenoxy) is 1. The summed E-state index contributed by atoms with van der Waals surface area (Å²) >= 11 is 0. The van der Waals surface area contributed by atoms with Crippen LogP contribution in [0.5, 0.6) is 5.75 Å². The molecule has 0 aliphatic heterocycles. The Kier molecular flexibility index (Phi) is 5.01. The summed E-state index contributed by atoms with van der Waals surface area (Å²) < 4.78 is 19.6. The van der Waals surface area contributed by atoms with E-state index >= 15 is 0 Å². The van der Waals surface area contributed by atoms with Crippen LogP contribution in [-0.4, -0.2) is 26.1 Å². The molecule has 0 spiro atoms. The summed E-state index contributed by atoms with van der Waals surface area (Å²) in [4.78, 5) is 12.1. The molecule has 4 rings (SSSR count). The van der Waals surface area contributed by atoms with Gasteiger partial charge in [-0.05, 0) is 78.5 Å². The van der Waals surface area contributed by atoms with E-state index in [9.17, 15) is 9.18 Å². The lowest BCUT2D eigenvalue weighted by molar-refractivity contribution is 0.0999. The largest absolute Gasteiger partial charge is 0.492 e. The van der Waals surface area contributed by atoms with E-state index < -0.39 is 5.91 Å². The van der Waals surface area contributed by atoms with Crippen molar-refractivity contribution >= 4 is 16.7 Å². The Balaban J connectivity index is 1.86. The van der Waals surface area contributed by atoms with Gasteiger partial charge in [0.25, 0.3) is 0 Å². The number of nitrogens with two attached hydrogens (primary N) is 1. The summed E-state index contributed by atoms with van der Waals surface area (Å²) in [6.45, 7) is 3.14. The molecule has 1 amide bonds. The molecule has 1 aliphatic rings. The number of hydrogen-bond acceptors (Lipinski definition) is 3. The van der Waals surface area contributed by atoms with Crippen molar-refractivity contribution in [3.8, 4) is 5.75 Å². The molecule has 1 aliphatic carbocycles. The van der Waals surface area contributed by atoms with Crippen molar-refractivity contribution in [2.45, 2.75) is 25.2 Å². The Bertz CT molecular complexity index is 1090. The van der Waals surface area contributed by atoms with Gasteiger partial charge in [0.05, 0.1) is 0 Å². The van der Waals surface area contributed by atoms with E-state index in [1.807, 2.05) is 38.2 Å². The lowest BCUT2D eigenvalue weighted by Crippen LogP contribution is -2.20. The summed E-state index contributed by atoms with van der Waals surface area (Å²) in [5.41, 5.74) is 9.04. The van der Waals surface area contributed by atoms with Crippen molar-refractivity contribution in [3.05, 3.63) is 76.6 Å². The maximum atomic E-state index is 13.7. The molecule has 0 unspecified atom stereocenters. The molecule has 0 saturated heterocycles. The highest BCUT2D eigenvalue weighted by Gasteiger charge is 2.48. The molecule has 0 heterocycles. The topological polar surface area (TPSA) is 64.3 Å². The van der Waals surface area contributed by atoms with Gasteiger partial charge in [0.1, 0.15) is 18.2 Å². The molecule has 3 aromatic carbocycles. The number of carbonyl (C=O) groups excluding carboxylic acids is 1. The maximum absolute atomic E-state index is 13.7. The third-order valence-corrected chi connectivity index (χ3v) is 5.89. The van der Waals surface area contributed by atoms with Crippen LogP contribution in [0.15, 0.2) is 48.5 Å². The van der Waals surface area contributed by atoms with Crippen molar-refractivity contribution in [1.82, 2.24) is 5.32 Å². The number of primary amides is 1. The van der Waals surface area contributed by atoms with Crippen LogP contribution in [-0.2, 0) is 5.41 Å². The molecule has 3 N–H and O–H groups in total. The molecule has 4 nitrogen and oxygen atoms in total. The van der Waals surface area contributed by atoms with E-state index in [2.05, 4.69) is 11.4 Å². The van der Waals surface area contributed by atoms with Crippen LogP contribution in [0.3, 0.4) is 0 Å². The third kappa shape index (κ3) is 3.47. The van der Waals surface area contributed by atoms with Gasteiger partial charge in [-0.2, -0.15) is 0 Å². The zero-order valence-corrected chi connectivity index (χ0v) is 16.7. The molecule has 3 aromatic rings. The normalized spacial score (nSPS) is 14.7. The number of nitrogens with one attached hydrogen (secondary N) is 1. The number of hydrogen-bond donors (Lipinski definition) is 2. The first-order valence-electron chi connectivity index (χ1n) is 9.87. The smallest absolute Gasteiger partial charge is 0.249 e. The summed E-state index contributed by atoms with van der Waals surface area (Å²) in [5.74, 6) is -0.0579.